The molecule has 0 spiro atoms. The molecule has 4 aromatic rings. The maximum absolute atomic E-state index is 13.8. The van der Waals surface area contributed by atoms with Crippen LogP contribution in [0.5, 0.6) is 0 Å². The highest BCUT2D eigenvalue weighted by Crippen LogP contribution is 2.40. The van der Waals surface area contributed by atoms with Crippen molar-refractivity contribution in [2.75, 3.05) is 3.71 Å². The molecule has 0 radical (unpaired) electrons. The zero-order valence-electron chi connectivity index (χ0n) is 19.2. The molecule has 0 saturated carbocycles. The summed E-state index contributed by atoms with van der Waals surface area (Å²) in [6.45, 7) is 4.83. The average Bonchev–Trinajstić information content (AvgIpc) is 3.51. The minimum Gasteiger partial charge on any atom is -0.442 e. The predicted molar refractivity (Wildman–Crippen MR) is 142 cm³/mol. The summed E-state index contributed by atoms with van der Waals surface area (Å²) in [4.78, 5) is 13.0. The van der Waals surface area contributed by atoms with Crippen LogP contribution in [0.3, 0.4) is 0 Å². The molecule has 16 heteroatoms. The summed E-state index contributed by atoms with van der Waals surface area (Å²) < 4.78 is 61.0. The zero-order chi connectivity index (χ0) is 27.3. The van der Waals surface area contributed by atoms with Crippen LogP contribution in [-0.2, 0) is 24.8 Å². The third-order valence-electron chi connectivity index (χ3n) is 4.59. The summed E-state index contributed by atoms with van der Waals surface area (Å²) in [6, 6.07) is 10.9. The minimum atomic E-state index is -4.89. The van der Waals surface area contributed by atoms with Gasteiger partial charge in [0.15, 0.2) is 5.82 Å². The highest BCUT2D eigenvalue weighted by atomic mass is 35.5. The smallest absolute Gasteiger partial charge is 0.435 e. The van der Waals surface area contributed by atoms with E-state index in [1.165, 1.54) is 30.3 Å². The van der Waals surface area contributed by atoms with E-state index < -0.39 is 46.0 Å². The van der Waals surface area contributed by atoms with Gasteiger partial charge in [-0.3, -0.25) is 0 Å². The lowest BCUT2D eigenvalue weighted by molar-refractivity contribution is 0.0523. The van der Waals surface area contributed by atoms with Gasteiger partial charge in [0.2, 0.25) is 0 Å². The maximum atomic E-state index is 13.8. The molecule has 4 rings (SSSR count). The largest absolute Gasteiger partial charge is 0.442 e. The summed E-state index contributed by atoms with van der Waals surface area (Å²) in [5, 5.41) is 13.7. The van der Waals surface area contributed by atoms with Crippen molar-refractivity contribution in [1.29, 1.82) is 5.26 Å². The molecule has 194 valence electrons. The Hall–Kier alpha value is -2.67. The van der Waals surface area contributed by atoms with Gasteiger partial charge < -0.3 is 4.74 Å². The fourth-order valence-corrected chi connectivity index (χ4v) is 10.2. The fraction of sp³-hybridized carbons (Fsp3) is 0.190. The molecule has 0 N–H and O–H groups in total. The topological polar surface area (TPSA) is 139 Å². The molecular formula is C21H16Cl2N4O6S4. The molecule has 3 aromatic heterocycles. The number of rotatable bonds is 5. The van der Waals surface area contributed by atoms with E-state index in [9.17, 15) is 26.9 Å². The van der Waals surface area contributed by atoms with Crippen LogP contribution in [0.4, 0.5) is 10.6 Å². The van der Waals surface area contributed by atoms with E-state index in [0.717, 1.165) is 16.8 Å². The second kappa shape index (κ2) is 9.57. The number of nitriles is 1. The van der Waals surface area contributed by atoms with E-state index in [1.807, 2.05) is 6.07 Å². The Balaban J connectivity index is 2.11. The summed E-state index contributed by atoms with van der Waals surface area (Å²) >= 11 is 13.2. The van der Waals surface area contributed by atoms with E-state index >= 15 is 0 Å². The van der Waals surface area contributed by atoms with Crippen molar-refractivity contribution in [1.82, 2.24) is 9.78 Å². The van der Waals surface area contributed by atoms with E-state index in [1.54, 1.807) is 20.8 Å². The molecule has 0 bridgehead atoms. The number of anilines is 1. The number of carbonyl (C=O) groups is 1. The van der Waals surface area contributed by atoms with Crippen LogP contribution in [0.2, 0.25) is 8.67 Å². The highest BCUT2D eigenvalue weighted by molar-refractivity contribution is 8.11. The van der Waals surface area contributed by atoms with Crippen LogP contribution in [0, 0.1) is 11.3 Å². The molecular weight excluding hydrogens is 603 g/mol. The van der Waals surface area contributed by atoms with Crippen molar-refractivity contribution in [3.63, 3.8) is 0 Å². The number of fused-ring (bicyclic) bond motifs is 1. The first-order valence-corrected chi connectivity index (χ1v) is 15.4. The van der Waals surface area contributed by atoms with Gasteiger partial charge in [-0.15, -0.1) is 31.5 Å². The van der Waals surface area contributed by atoms with Gasteiger partial charge in [-0.25, -0.2) is 4.79 Å². The first-order chi connectivity index (χ1) is 17.2. The van der Waals surface area contributed by atoms with Crippen LogP contribution in [0.25, 0.3) is 10.9 Å². The van der Waals surface area contributed by atoms with Gasteiger partial charge in [-0.1, -0.05) is 29.3 Å². The molecule has 0 unspecified atom stereocenters. The van der Waals surface area contributed by atoms with Crippen LogP contribution >= 0.6 is 45.9 Å². The second-order valence-electron chi connectivity index (χ2n) is 8.35. The van der Waals surface area contributed by atoms with Gasteiger partial charge in [-0.05, 0) is 57.2 Å². The van der Waals surface area contributed by atoms with Gasteiger partial charge in [0.25, 0.3) is 20.0 Å². The van der Waals surface area contributed by atoms with Crippen molar-refractivity contribution < 1.29 is 26.4 Å². The zero-order valence-corrected chi connectivity index (χ0v) is 23.9. The predicted octanol–water partition coefficient (Wildman–Crippen LogP) is 5.71. The Morgan fingerprint density at radius 3 is 1.97 bits per heavy atom. The molecule has 10 nitrogen and oxygen atoms in total. The number of nitrogens with zero attached hydrogens (tertiary/aromatic N) is 4. The van der Waals surface area contributed by atoms with Crippen LogP contribution in [0.1, 0.15) is 26.3 Å². The van der Waals surface area contributed by atoms with Crippen molar-refractivity contribution in [3.05, 3.63) is 56.7 Å². The summed E-state index contributed by atoms with van der Waals surface area (Å²) in [6.07, 6.45) is -1.01. The minimum absolute atomic E-state index is 0.0351. The molecule has 0 amide bonds. The van der Waals surface area contributed by atoms with Gasteiger partial charge >= 0.3 is 6.09 Å². The third kappa shape index (κ3) is 5.07. The number of aromatic nitrogens is 2. The summed E-state index contributed by atoms with van der Waals surface area (Å²) in [7, 11) is -9.78. The lowest BCUT2D eigenvalue weighted by Crippen LogP contribution is -2.37. The highest BCUT2D eigenvalue weighted by Gasteiger charge is 2.42. The lowest BCUT2D eigenvalue weighted by atomic mass is 10.1. The van der Waals surface area contributed by atoms with Crippen molar-refractivity contribution in [2.45, 2.75) is 34.8 Å². The third-order valence-corrected chi connectivity index (χ3v) is 12.1. The number of halogens is 2. The summed E-state index contributed by atoms with van der Waals surface area (Å²) in [5.41, 5.74) is -1.11. The van der Waals surface area contributed by atoms with E-state index in [2.05, 4.69) is 5.10 Å². The first kappa shape index (κ1) is 27.4. The molecule has 0 fully saturated rings. The average molecular weight is 620 g/mol. The maximum Gasteiger partial charge on any atom is 0.435 e. The lowest BCUT2D eigenvalue weighted by Gasteiger charge is -2.21. The van der Waals surface area contributed by atoms with Gasteiger partial charge in [0.1, 0.15) is 14.0 Å². The van der Waals surface area contributed by atoms with Crippen LogP contribution in [-0.4, -0.2) is 38.3 Å². The van der Waals surface area contributed by atoms with E-state index in [4.69, 9.17) is 27.9 Å². The molecule has 3 heterocycles. The molecule has 1 aromatic carbocycles. The Morgan fingerprint density at radius 1 is 1.00 bits per heavy atom. The van der Waals surface area contributed by atoms with Gasteiger partial charge in [-0.2, -0.15) is 26.8 Å². The number of hydrogen-bond donors (Lipinski definition) is 0. The summed E-state index contributed by atoms with van der Waals surface area (Å²) in [5.74, 6) is -0.688. The van der Waals surface area contributed by atoms with Crippen molar-refractivity contribution in [3.8, 4) is 6.07 Å². The number of carbonyl (C=O) groups excluding carboxylic acids is 1. The standard InChI is InChI=1S/C21H16Cl2N4O6S4/c1-21(2,3)33-20(28)26-13-6-4-5-12(11-24)18(13)19(25-26)27(36(29,30)16-9-7-14(22)34-16)37(31,32)17-10-8-15(23)35-17/h4-10H,1-3H3. The Kier molecular flexibility index (Phi) is 7.08. The number of hydrogen-bond acceptors (Lipinski definition) is 10. The SMILES string of the molecule is CC(C)(C)OC(=O)n1nc(N(S(=O)(=O)c2ccc(Cl)s2)S(=O)(=O)c2ccc(Cl)s2)c2c(C#N)cccc21. The second-order valence-corrected chi connectivity index (χ2v) is 16.0. The molecule has 0 saturated heterocycles. The number of sulfonamides is 2. The van der Waals surface area contributed by atoms with Crippen LogP contribution in [0.15, 0.2) is 50.9 Å². The van der Waals surface area contributed by atoms with Crippen molar-refractivity contribution >= 4 is 88.7 Å². The number of ether oxygens (including phenoxy) is 1. The molecule has 0 aliphatic carbocycles. The van der Waals surface area contributed by atoms with Gasteiger partial charge in [0, 0.05) is 0 Å². The Bertz CT molecular complexity index is 1720. The Labute approximate surface area is 230 Å². The molecule has 0 atom stereocenters. The number of benzene rings is 1. The van der Waals surface area contributed by atoms with Gasteiger partial charge in [0.05, 0.1) is 31.2 Å². The first-order valence-electron chi connectivity index (χ1n) is 10.1. The quantitative estimate of drug-likeness (QED) is 0.277. The van der Waals surface area contributed by atoms with E-state index in [-0.39, 0.29) is 28.8 Å². The normalized spacial score (nSPS) is 12.4. The molecule has 0 aliphatic rings. The molecule has 0 aliphatic heterocycles. The monoisotopic (exact) mass is 618 g/mol. The van der Waals surface area contributed by atoms with E-state index in [0.29, 0.717) is 22.7 Å². The van der Waals surface area contributed by atoms with Crippen LogP contribution < -0.4 is 3.71 Å². The molecule has 37 heavy (non-hydrogen) atoms. The Morgan fingerprint density at radius 2 is 1.54 bits per heavy atom. The number of thiophene rings is 2. The fourth-order valence-electron chi connectivity index (χ4n) is 3.21. The van der Waals surface area contributed by atoms with Crippen molar-refractivity contribution in [2.24, 2.45) is 0 Å².